The topological polar surface area (TPSA) is 78.3 Å². The lowest BCUT2D eigenvalue weighted by Crippen LogP contribution is -2.34. The second-order valence-electron chi connectivity index (χ2n) is 3.27. The molecule has 15 heavy (non-hydrogen) atoms. The summed E-state index contributed by atoms with van der Waals surface area (Å²) in [6.07, 6.45) is 1.28. The molecule has 0 bridgehead atoms. The van der Waals surface area contributed by atoms with Gasteiger partial charge in [-0.3, -0.25) is 0 Å². The van der Waals surface area contributed by atoms with Gasteiger partial charge in [-0.05, 0) is 31.5 Å². The van der Waals surface area contributed by atoms with Crippen molar-refractivity contribution in [3.63, 3.8) is 0 Å². The van der Waals surface area contributed by atoms with Crippen LogP contribution >= 0.6 is 0 Å². The summed E-state index contributed by atoms with van der Waals surface area (Å²) in [4.78, 5) is 11.4. The van der Waals surface area contributed by atoms with Crippen LogP contribution < -0.4 is 16.2 Å². The first kappa shape index (κ1) is 11.7. The number of carbonyl (C=O) groups is 1. The molecule has 0 fully saturated rings. The second kappa shape index (κ2) is 6.16. The fraction of sp³-hybridized carbons (Fsp3) is 0.364. The lowest BCUT2D eigenvalue weighted by Gasteiger charge is -2.10. The molecule has 0 unspecified atom stereocenters. The molecule has 0 heterocycles. The zero-order chi connectivity index (χ0) is 11.1. The zero-order valence-corrected chi connectivity index (χ0v) is 8.56. The summed E-state index contributed by atoms with van der Waals surface area (Å²) in [5.74, 6) is 0.111. The number of benzene rings is 1. The average molecular weight is 208 g/mol. The van der Waals surface area contributed by atoms with Gasteiger partial charge in [0.15, 0.2) is 0 Å². The van der Waals surface area contributed by atoms with E-state index in [1.165, 1.54) is 0 Å². The van der Waals surface area contributed by atoms with Gasteiger partial charge in [-0.15, -0.1) is 0 Å². The van der Waals surface area contributed by atoms with Gasteiger partial charge in [0, 0.05) is 0 Å². The molecule has 0 aliphatic rings. The molecule has 0 spiro atoms. The highest BCUT2D eigenvalue weighted by atomic mass is 16.5. The van der Waals surface area contributed by atoms with E-state index in [1.54, 1.807) is 24.3 Å². The minimum atomic E-state index is -0.589. The van der Waals surface area contributed by atoms with Crippen LogP contribution in [0, 0.1) is 0 Å². The Labute approximate surface area is 89.2 Å². The third-order valence-corrected chi connectivity index (χ3v) is 1.98. The molecule has 82 valence electrons. The third-order valence-electron chi connectivity index (χ3n) is 1.98. The van der Waals surface area contributed by atoms with Crippen molar-refractivity contribution in [1.82, 2.24) is 0 Å². The summed E-state index contributed by atoms with van der Waals surface area (Å²) in [5, 5.41) is 0. The van der Waals surface area contributed by atoms with E-state index in [2.05, 4.69) is 0 Å². The minimum Gasteiger partial charge on any atom is -0.425 e. The van der Waals surface area contributed by atoms with Gasteiger partial charge in [-0.1, -0.05) is 18.2 Å². The van der Waals surface area contributed by atoms with E-state index in [9.17, 15) is 4.79 Å². The normalized spacial score (nSPS) is 12.1. The van der Waals surface area contributed by atoms with Gasteiger partial charge in [0.2, 0.25) is 0 Å². The standard InChI is InChI=1S/C11H16N2O2/c12-8-4-7-10(13)11(14)15-9-5-2-1-3-6-9/h1-3,5-6,10H,4,7-8,12-13H2/t10-/m0/s1. The van der Waals surface area contributed by atoms with Crippen molar-refractivity contribution in [2.24, 2.45) is 11.5 Å². The van der Waals surface area contributed by atoms with E-state index in [4.69, 9.17) is 16.2 Å². The number of nitrogens with two attached hydrogens (primary N) is 2. The first-order valence-electron chi connectivity index (χ1n) is 4.96. The Morgan fingerprint density at radius 1 is 1.33 bits per heavy atom. The molecule has 0 radical (unpaired) electrons. The Hall–Kier alpha value is -1.39. The highest BCUT2D eigenvalue weighted by molar-refractivity contribution is 5.77. The van der Waals surface area contributed by atoms with Crippen molar-refractivity contribution in [3.05, 3.63) is 30.3 Å². The van der Waals surface area contributed by atoms with Crippen LogP contribution in [-0.2, 0) is 4.79 Å². The second-order valence-corrected chi connectivity index (χ2v) is 3.27. The van der Waals surface area contributed by atoms with E-state index in [1.807, 2.05) is 6.07 Å². The highest BCUT2D eigenvalue weighted by Gasteiger charge is 2.14. The Bertz CT molecular complexity index is 301. The van der Waals surface area contributed by atoms with E-state index >= 15 is 0 Å². The lowest BCUT2D eigenvalue weighted by atomic mass is 10.2. The van der Waals surface area contributed by atoms with Crippen LogP contribution in [-0.4, -0.2) is 18.6 Å². The summed E-state index contributed by atoms with van der Waals surface area (Å²) in [6, 6.07) is 8.29. The molecule has 1 rings (SSSR count). The van der Waals surface area contributed by atoms with Gasteiger partial charge in [0.25, 0.3) is 0 Å². The summed E-state index contributed by atoms with van der Waals surface area (Å²) in [7, 11) is 0. The van der Waals surface area contributed by atoms with Crippen LogP contribution in [0.4, 0.5) is 0 Å². The first-order valence-corrected chi connectivity index (χ1v) is 4.96. The number of esters is 1. The summed E-state index contributed by atoms with van der Waals surface area (Å²) in [6.45, 7) is 0.534. The molecule has 1 aromatic rings. The molecular formula is C11H16N2O2. The predicted molar refractivity (Wildman–Crippen MR) is 58.3 cm³/mol. The van der Waals surface area contributed by atoms with Gasteiger partial charge in [-0.25, -0.2) is 4.79 Å². The van der Waals surface area contributed by atoms with Gasteiger partial charge in [0.1, 0.15) is 11.8 Å². The molecular weight excluding hydrogens is 192 g/mol. The first-order chi connectivity index (χ1) is 7.24. The van der Waals surface area contributed by atoms with E-state index in [0.717, 1.165) is 6.42 Å². The Morgan fingerprint density at radius 2 is 2.00 bits per heavy atom. The minimum absolute atomic E-state index is 0.408. The molecule has 1 atom stereocenters. The van der Waals surface area contributed by atoms with Crippen LogP contribution in [0.5, 0.6) is 5.75 Å². The van der Waals surface area contributed by atoms with Crippen LogP contribution in [0.2, 0.25) is 0 Å². The van der Waals surface area contributed by atoms with Crippen LogP contribution in [0.25, 0.3) is 0 Å². The molecule has 0 amide bonds. The third kappa shape index (κ3) is 4.10. The molecule has 4 N–H and O–H groups in total. The number of hydrogen-bond acceptors (Lipinski definition) is 4. The highest BCUT2D eigenvalue weighted by Crippen LogP contribution is 2.09. The van der Waals surface area contributed by atoms with Gasteiger partial charge in [0.05, 0.1) is 0 Å². The number of carbonyl (C=O) groups excluding carboxylic acids is 1. The van der Waals surface area contributed by atoms with E-state index in [0.29, 0.717) is 18.7 Å². The maximum absolute atomic E-state index is 11.4. The summed E-state index contributed by atoms with van der Waals surface area (Å²) >= 11 is 0. The van der Waals surface area contributed by atoms with E-state index in [-0.39, 0.29) is 0 Å². The van der Waals surface area contributed by atoms with Crippen molar-refractivity contribution < 1.29 is 9.53 Å². The zero-order valence-electron chi connectivity index (χ0n) is 8.56. The Kier molecular flexibility index (Phi) is 4.80. The lowest BCUT2D eigenvalue weighted by molar-refractivity contribution is -0.136. The Morgan fingerprint density at radius 3 is 2.60 bits per heavy atom. The molecule has 0 aliphatic heterocycles. The van der Waals surface area contributed by atoms with Crippen molar-refractivity contribution in [2.75, 3.05) is 6.54 Å². The molecule has 0 aromatic heterocycles. The van der Waals surface area contributed by atoms with Crippen molar-refractivity contribution >= 4 is 5.97 Å². The van der Waals surface area contributed by atoms with Crippen molar-refractivity contribution in [2.45, 2.75) is 18.9 Å². The quantitative estimate of drug-likeness (QED) is 0.550. The molecule has 0 saturated heterocycles. The van der Waals surface area contributed by atoms with Crippen molar-refractivity contribution in [3.8, 4) is 5.75 Å². The van der Waals surface area contributed by atoms with Gasteiger partial charge < -0.3 is 16.2 Å². The van der Waals surface area contributed by atoms with Crippen LogP contribution in [0.15, 0.2) is 30.3 Å². The fourth-order valence-corrected chi connectivity index (χ4v) is 1.14. The van der Waals surface area contributed by atoms with Gasteiger partial charge >= 0.3 is 5.97 Å². The van der Waals surface area contributed by atoms with Gasteiger partial charge in [-0.2, -0.15) is 0 Å². The molecule has 0 aliphatic carbocycles. The average Bonchev–Trinajstić information content (AvgIpc) is 2.27. The maximum atomic E-state index is 11.4. The fourth-order valence-electron chi connectivity index (χ4n) is 1.14. The smallest absolute Gasteiger partial charge is 0.328 e. The largest absolute Gasteiger partial charge is 0.425 e. The Balaban J connectivity index is 2.42. The molecule has 4 heteroatoms. The van der Waals surface area contributed by atoms with Crippen LogP contribution in [0.1, 0.15) is 12.8 Å². The number of ether oxygens (including phenoxy) is 1. The maximum Gasteiger partial charge on any atom is 0.328 e. The van der Waals surface area contributed by atoms with Crippen LogP contribution in [0.3, 0.4) is 0 Å². The molecule has 1 aromatic carbocycles. The SMILES string of the molecule is NCCC[C@H](N)C(=O)Oc1ccccc1. The van der Waals surface area contributed by atoms with E-state index < -0.39 is 12.0 Å². The number of para-hydroxylation sites is 1. The molecule has 4 nitrogen and oxygen atoms in total. The summed E-state index contributed by atoms with van der Waals surface area (Å²) in [5.41, 5.74) is 10.9. The number of hydrogen-bond donors (Lipinski definition) is 2. The summed E-state index contributed by atoms with van der Waals surface area (Å²) < 4.78 is 5.07. The molecule has 0 saturated carbocycles. The predicted octanol–water partition coefficient (Wildman–Crippen LogP) is 0.658. The van der Waals surface area contributed by atoms with Crippen molar-refractivity contribution in [1.29, 1.82) is 0 Å². The monoisotopic (exact) mass is 208 g/mol. The number of rotatable bonds is 5.